The molecular formula is C20H21N3O. The normalized spacial score (nSPS) is 12.0. The maximum atomic E-state index is 12.4. The highest BCUT2D eigenvalue weighted by Gasteiger charge is 2.12. The Hall–Kier alpha value is -2.88. The second-order valence-electron chi connectivity index (χ2n) is 5.98. The molecule has 0 bridgehead atoms. The molecule has 1 atom stereocenters. The van der Waals surface area contributed by atoms with E-state index in [1.54, 1.807) is 12.4 Å². The van der Waals surface area contributed by atoms with Crippen molar-refractivity contribution in [3.8, 4) is 5.69 Å². The fourth-order valence-corrected chi connectivity index (χ4v) is 2.83. The van der Waals surface area contributed by atoms with E-state index in [1.165, 1.54) is 11.4 Å². The molecule has 0 saturated carbocycles. The van der Waals surface area contributed by atoms with Gasteiger partial charge in [-0.3, -0.25) is 9.78 Å². The van der Waals surface area contributed by atoms with E-state index in [1.807, 2.05) is 43.3 Å². The summed E-state index contributed by atoms with van der Waals surface area (Å²) in [5.74, 6) is -0.0844. The van der Waals surface area contributed by atoms with Crippen molar-refractivity contribution in [3.63, 3.8) is 0 Å². The summed E-state index contributed by atoms with van der Waals surface area (Å²) in [6, 6.07) is 15.6. The molecule has 1 aromatic carbocycles. The summed E-state index contributed by atoms with van der Waals surface area (Å²) >= 11 is 0. The van der Waals surface area contributed by atoms with Crippen LogP contribution in [0.5, 0.6) is 0 Å². The number of nitrogens with zero attached hydrogens (tertiary/aromatic N) is 2. The molecular weight excluding hydrogens is 298 g/mol. The number of hydrogen-bond donors (Lipinski definition) is 1. The molecule has 3 aromatic rings. The number of carbonyl (C=O) groups excluding carboxylic acids is 1. The Labute approximate surface area is 142 Å². The lowest BCUT2D eigenvalue weighted by molar-refractivity contribution is 0.0940. The van der Waals surface area contributed by atoms with Gasteiger partial charge >= 0.3 is 0 Å². The molecule has 1 amide bonds. The van der Waals surface area contributed by atoms with Gasteiger partial charge in [0.2, 0.25) is 0 Å². The first kappa shape index (κ1) is 16.0. The van der Waals surface area contributed by atoms with Crippen molar-refractivity contribution in [3.05, 3.63) is 83.4 Å². The van der Waals surface area contributed by atoms with Crippen LogP contribution in [-0.2, 0) is 0 Å². The number of nitrogens with one attached hydrogen (secondary N) is 1. The Morgan fingerprint density at radius 2 is 1.71 bits per heavy atom. The standard InChI is InChI=1S/C20H21N3O/c1-14-6-7-15(2)23(14)19-10-8-17(9-11-19)20(24)22-16(3)18-5-4-12-21-13-18/h4-13,16H,1-3H3,(H,22,24)/t16-/m1/s1. The SMILES string of the molecule is Cc1ccc(C)n1-c1ccc(C(=O)N[C@H](C)c2cccnc2)cc1. The number of hydrogen-bond acceptors (Lipinski definition) is 2. The molecule has 3 rings (SSSR count). The maximum absolute atomic E-state index is 12.4. The number of aryl methyl sites for hydroxylation is 2. The van der Waals surface area contributed by atoms with E-state index in [4.69, 9.17) is 0 Å². The van der Waals surface area contributed by atoms with Crippen LogP contribution in [0.1, 0.15) is 40.3 Å². The van der Waals surface area contributed by atoms with Crippen molar-refractivity contribution >= 4 is 5.91 Å². The van der Waals surface area contributed by atoms with Crippen molar-refractivity contribution < 1.29 is 4.79 Å². The fourth-order valence-electron chi connectivity index (χ4n) is 2.83. The monoisotopic (exact) mass is 319 g/mol. The minimum absolute atomic E-state index is 0.0835. The Morgan fingerprint density at radius 3 is 2.29 bits per heavy atom. The van der Waals surface area contributed by atoms with Gasteiger partial charge < -0.3 is 9.88 Å². The van der Waals surface area contributed by atoms with Gasteiger partial charge in [-0.1, -0.05) is 6.07 Å². The maximum Gasteiger partial charge on any atom is 0.251 e. The van der Waals surface area contributed by atoms with Crippen LogP contribution in [0.3, 0.4) is 0 Å². The Bertz CT molecular complexity index is 816. The smallest absolute Gasteiger partial charge is 0.251 e. The topological polar surface area (TPSA) is 46.9 Å². The fraction of sp³-hybridized carbons (Fsp3) is 0.200. The van der Waals surface area contributed by atoms with Crippen molar-refractivity contribution in [2.45, 2.75) is 26.8 Å². The lowest BCUT2D eigenvalue weighted by Crippen LogP contribution is -2.26. The van der Waals surface area contributed by atoms with E-state index in [0.717, 1.165) is 11.3 Å². The van der Waals surface area contributed by atoms with Crippen molar-refractivity contribution in [2.24, 2.45) is 0 Å². The predicted octanol–water partition coefficient (Wildman–Crippen LogP) is 3.98. The molecule has 0 unspecified atom stereocenters. The third kappa shape index (κ3) is 3.23. The van der Waals surface area contributed by atoms with Crippen molar-refractivity contribution in [1.29, 1.82) is 0 Å². The van der Waals surface area contributed by atoms with E-state index in [-0.39, 0.29) is 11.9 Å². The number of pyridine rings is 1. The van der Waals surface area contributed by atoms with Gasteiger partial charge in [0.05, 0.1) is 6.04 Å². The number of aromatic nitrogens is 2. The molecule has 122 valence electrons. The Morgan fingerprint density at radius 1 is 1.04 bits per heavy atom. The van der Waals surface area contributed by atoms with Crippen molar-refractivity contribution in [1.82, 2.24) is 14.9 Å². The molecule has 2 aromatic heterocycles. The molecule has 0 aliphatic carbocycles. The van der Waals surface area contributed by atoms with Gasteiger partial charge in [0.1, 0.15) is 0 Å². The number of carbonyl (C=O) groups is 1. The summed E-state index contributed by atoms with van der Waals surface area (Å²) in [5.41, 5.74) is 5.05. The Kier molecular flexibility index (Phi) is 4.47. The van der Waals surface area contributed by atoms with Crippen LogP contribution in [0.25, 0.3) is 5.69 Å². The van der Waals surface area contributed by atoms with Gasteiger partial charge in [0.25, 0.3) is 5.91 Å². The first-order valence-corrected chi connectivity index (χ1v) is 8.02. The number of benzene rings is 1. The first-order valence-electron chi connectivity index (χ1n) is 8.02. The van der Waals surface area contributed by atoms with Crippen LogP contribution in [0.2, 0.25) is 0 Å². The average molecular weight is 319 g/mol. The molecule has 0 radical (unpaired) electrons. The van der Waals surface area contributed by atoms with Crippen LogP contribution >= 0.6 is 0 Å². The van der Waals surface area contributed by atoms with Crippen LogP contribution in [0, 0.1) is 13.8 Å². The molecule has 0 fully saturated rings. The van der Waals surface area contributed by atoms with Gasteiger partial charge in [0, 0.05) is 35.0 Å². The lowest BCUT2D eigenvalue weighted by atomic mass is 10.1. The average Bonchev–Trinajstić information content (AvgIpc) is 2.94. The molecule has 0 aliphatic heterocycles. The third-order valence-electron chi connectivity index (χ3n) is 4.19. The second-order valence-corrected chi connectivity index (χ2v) is 5.98. The summed E-state index contributed by atoms with van der Waals surface area (Å²) < 4.78 is 2.17. The summed E-state index contributed by atoms with van der Waals surface area (Å²) in [7, 11) is 0. The minimum Gasteiger partial charge on any atom is -0.345 e. The van der Waals surface area contributed by atoms with Crippen LogP contribution < -0.4 is 5.32 Å². The zero-order valence-corrected chi connectivity index (χ0v) is 14.2. The zero-order chi connectivity index (χ0) is 17.1. The second kappa shape index (κ2) is 6.71. The largest absolute Gasteiger partial charge is 0.345 e. The van der Waals surface area contributed by atoms with E-state index in [2.05, 4.69) is 40.8 Å². The molecule has 0 saturated heterocycles. The van der Waals surface area contributed by atoms with Gasteiger partial charge in [-0.25, -0.2) is 0 Å². The predicted molar refractivity (Wildman–Crippen MR) is 95.4 cm³/mol. The zero-order valence-electron chi connectivity index (χ0n) is 14.2. The molecule has 0 aliphatic rings. The van der Waals surface area contributed by atoms with Crippen LogP contribution in [0.4, 0.5) is 0 Å². The molecule has 24 heavy (non-hydrogen) atoms. The minimum atomic E-state index is -0.0844. The van der Waals surface area contributed by atoms with Gasteiger partial charge in [-0.15, -0.1) is 0 Å². The van der Waals surface area contributed by atoms with Gasteiger partial charge in [-0.05, 0) is 68.8 Å². The van der Waals surface area contributed by atoms with Gasteiger partial charge in [0.15, 0.2) is 0 Å². The van der Waals surface area contributed by atoms with Gasteiger partial charge in [-0.2, -0.15) is 0 Å². The van der Waals surface area contributed by atoms with E-state index >= 15 is 0 Å². The molecule has 4 heteroatoms. The highest BCUT2D eigenvalue weighted by Crippen LogP contribution is 2.17. The van der Waals surface area contributed by atoms with Crippen LogP contribution in [-0.4, -0.2) is 15.5 Å². The summed E-state index contributed by atoms with van der Waals surface area (Å²) in [4.78, 5) is 16.5. The molecule has 2 heterocycles. The molecule has 1 N–H and O–H groups in total. The van der Waals surface area contributed by atoms with E-state index in [9.17, 15) is 4.79 Å². The molecule has 4 nitrogen and oxygen atoms in total. The Balaban J connectivity index is 1.75. The van der Waals surface area contributed by atoms with Crippen LogP contribution in [0.15, 0.2) is 60.9 Å². The summed E-state index contributed by atoms with van der Waals surface area (Å²) in [6.07, 6.45) is 3.49. The third-order valence-corrected chi connectivity index (χ3v) is 4.19. The highest BCUT2D eigenvalue weighted by molar-refractivity contribution is 5.94. The van der Waals surface area contributed by atoms with E-state index < -0.39 is 0 Å². The summed E-state index contributed by atoms with van der Waals surface area (Å²) in [6.45, 7) is 6.10. The quantitative estimate of drug-likeness (QED) is 0.790. The van der Waals surface area contributed by atoms with Crippen molar-refractivity contribution in [2.75, 3.05) is 0 Å². The first-order chi connectivity index (χ1) is 11.6. The summed E-state index contributed by atoms with van der Waals surface area (Å²) in [5, 5.41) is 3.00. The molecule has 0 spiro atoms. The highest BCUT2D eigenvalue weighted by atomic mass is 16.1. The van der Waals surface area contributed by atoms with E-state index in [0.29, 0.717) is 5.56 Å². The lowest BCUT2D eigenvalue weighted by Gasteiger charge is -2.14. The number of rotatable bonds is 4. The number of amides is 1.